The van der Waals surface area contributed by atoms with Crippen molar-refractivity contribution in [1.29, 1.82) is 0 Å². The summed E-state index contributed by atoms with van der Waals surface area (Å²) in [5, 5.41) is 5.04. The lowest BCUT2D eigenvalue weighted by molar-refractivity contribution is -0.154. The quantitative estimate of drug-likeness (QED) is 0.0788. The zero-order chi connectivity index (χ0) is 57.0. The summed E-state index contributed by atoms with van der Waals surface area (Å²) in [7, 11) is 0. The van der Waals surface area contributed by atoms with E-state index in [4.69, 9.17) is 27.1 Å². The number of ether oxygens (including phenoxy) is 2. The van der Waals surface area contributed by atoms with E-state index in [-0.39, 0.29) is 53.9 Å². The smallest absolute Gasteiger partial charge is 0.422 e. The minimum Gasteiger partial charge on any atom is -0.484 e. The summed E-state index contributed by atoms with van der Waals surface area (Å²) in [4.78, 5) is 103. The van der Waals surface area contributed by atoms with Crippen LogP contribution >= 0.6 is 0 Å². The maximum absolute atomic E-state index is 13.0. The molecule has 11 aromatic carbocycles. The SMILES string of the molecule is O=c1oc(=O)c2c1cc1c3c(Cc4ccccc4)ccc4c5c(=O)oc(=O)c5cc(c5c(Cc6ccccc6)ccc2c15)c43.O=c1oc(=O)c2c3cc(OCC(F)(F)F)cc4c5c(=O)oc(=O)c5c5cc(OCC(F)(F)F)cc(c12)c5c34. The molecule has 0 aliphatic rings. The predicted octanol–water partition coefficient (Wildman–Crippen LogP) is 11.0. The Morgan fingerprint density at radius 1 is 0.293 bits per heavy atom. The van der Waals surface area contributed by atoms with Crippen molar-refractivity contribution in [2.24, 2.45) is 0 Å². The van der Waals surface area contributed by atoms with E-state index in [9.17, 15) is 64.7 Å². The monoisotopic (exact) mass is 1110 g/mol. The van der Waals surface area contributed by atoms with E-state index in [2.05, 4.69) is 24.3 Å². The number of fused-ring (bicyclic) bond motifs is 12. The number of rotatable bonds is 8. The number of hydrogen-bond donors (Lipinski definition) is 0. The predicted molar refractivity (Wildman–Crippen MR) is 293 cm³/mol. The van der Waals surface area contributed by atoms with Gasteiger partial charge in [-0.15, -0.1) is 0 Å². The van der Waals surface area contributed by atoms with Crippen LogP contribution in [-0.4, -0.2) is 25.6 Å². The van der Waals surface area contributed by atoms with Crippen LogP contribution in [0.4, 0.5) is 26.3 Å². The van der Waals surface area contributed by atoms with Crippen LogP contribution in [0.3, 0.4) is 0 Å². The molecule has 0 atom stereocenters. The van der Waals surface area contributed by atoms with Crippen molar-refractivity contribution in [3.8, 4) is 11.5 Å². The molecular weight excluding hydrogens is 1080 g/mol. The number of halogens is 6. The first-order valence-electron chi connectivity index (χ1n) is 24.9. The van der Waals surface area contributed by atoms with Crippen LogP contribution in [0, 0.1) is 0 Å². The third kappa shape index (κ3) is 7.57. The molecule has 0 fully saturated rings. The van der Waals surface area contributed by atoms with Crippen LogP contribution in [-0.2, 0) is 12.8 Å². The zero-order valence-electron chi connectivity index (χ0n) is 41.4. The summed E-state index contributed by atoms with van der Waals surface area (Å²) in [6.07, 6.45) is -8.32. The van der Waals surface area contributed by atoms with E-state index >= 15 is 0 Å². The van der Waals surface area contributed by atoms with Gasteiger partial charge in [0, 0.05) is 21.5 Å². The normalized spacial score (nSPS) is 12.6. The molecule has 0 spiro atoms. The second-order valence-corrected chi connectivity index (χ2v) is 19.9. The summed E-state index contributed by atoms with van der Waals surface area (Å²) < 4.78 is 106. The molecule has 4 heterocycles. The van der Waals surface area contributed by atoms with Gasteiger partial charge in [-0.2, -0.15) is 26.3 Å². The second-order valence-electron chi connectivity index (χ2n) is 19.9. The first-order valence-corrected chi connectivity index (χ1v) is 24.9. The molecule has 0 saturated heterocycles. The molecule has 15 aromatic rings. The summed E-state index contributed by atoms with van der Waals surface area (Å²) in [5.41, 5.74) is -3.26. The molecule has 20 heteroatoms. The Morgan fingerprint density at radius 3 is 0.915 bits per heavy atom. The van der Waals surface area contributed by atoms with Crippen molar-refractivity contribution < 1.29 is 53.5 Å². The Bertz CT molecular complexity index is 5200. The Hall–Kier alpha value is -10.5. The molecule has 0 N–H and O–H groups in total. The number of benzene rings is 11. The van der Waals surface area contributed by atoms with Crippen molar-refractivity contribution in [2.45, 2.75) is 25.2 Å². The van der Waals surface area contributed by atoms with Crippen molar-refractivity contribution in [3.63, 3.8) is 0 Å². The fraction of sp³-hybridized carbons (Fsp3) is 0.0968. The lowest BCUT2D eigenvalue weighted by atomic mass is 9.82. The van der Waals surface area contributed by atoms with E-state index in [0.29, 0.717) is 23.6 Å². The first kappa shape index (κ1) is 49.8. The number of hydrogen-bond acceptors (Lipinski definition) is 14. The van der Waals surface area contributed by atoms with Gasteiger partial charge in [-0.25, -0.2) is 38.4 Å². The Balaban J connectivity index is 0.000000149. The molecule has 0 aliphatic carbocycles. The number of furan rings is 4. The Kier molecular flexibility index (Phi) is 10.6. The summed E-state index contributed by atoms with van der Waals surface area (Å²) in [6, 6.07) is 35.5. The van der Waals surface area contributed by atoms with Crippen LogP contribution in [0.2, 0.25) is 0 Å². The molecule has 0 unspecified atom stereocenters. The lowest BCUT2D eigenvalue weighted by Crippen LogP contribution is -2.19. The number of alkyl halides is 6. The molecule has 0 radical (unpaired) electrons. The largest absolute Gasteiger partial charge is 0.484 e. The zero-order valence-corrected chi connectivity index (χ0v) is 41.4. The van der Waals surface area contributed by atoms with E-state index in [1.807, 2.05) is 60.7 Å². The molecular formula is C62H28F6O14. The maximum Gasteiger partial charge on any atom is 0.422 e. The minimum absolute atomic E-state index is 0.0486. The topological polar surface area (TPSA) is 208 Å². The van der Waals surface area contributed by atoms with Gasteiger partial charge in [0.2, 0.25) is 0 Å². The summed E-state index contributed by atoms with van der Waals surface area (Å²) in [6.45, 7) is -3.48. The molecule has 82 heavy (non-hydrogen) atoms. The summed E-state index contributed by atoms with van der Waals surface area (Å²) >= 11 is 0. The molecule has 0 amide bonds. The molecule has 0 saturated carbocycles. The second kappa shape index (κ2) is 17.5. The fourth-order valence-electron chi connectivity index (χ4n) is 12.0. The molecule has 4 aromatic heterocycles. The van der Waals surface area contributed by atoms with Crippen LogP contribution < -0.4 is 54.5 Å². The Morgan fingerprint density at radius 2 is 0.585 bits per heavy atom. The highest BCUT2D eigenvalue weighted by atomic mass is 19.4. The van der Waals surface area contributed by atoms with E-state index in [1.54, 1.807) is 12.1 Å². The standard InChI is InChI=1S/C38H20O6.C24H8F6O8/c39-35-27-17-25-29-21(15-19-7-3-1-4-8-19)11-13-23-31(29)26(18-28-33(23)37(41)44-36(28)40)30-22(16-20-9-5-2-6-10-20)12-14-24(32(25)30)34(27)38(42)43-35;25-23(26,27)5-35-7-1-9-13-10(2-7)17-18(22(34)38-21(17)33)12-4-8(36-6-24(28,29)30)3-11(14(12)13)16-15(9)19(31)37-20(16)32/h1-14,17-18H,15-16H2;1-4H,5-6H2. The van der Waals surface area contributed by atoms with Gasteiger partial charge in [-0.1, -0.05) is 84.9 Å². The van der Waals surface area contributed by atoms with Gasteiger partial charge in [0.05, 0.1) is 43.1 Å². The fourth-order valence-corrected chi connectivity index (χ4v) is 12.0. The van der Waals surface area contributed by atoms with Crippen molar-refractivity contribution in [3.05, 3.63) is 227 Å². The average molecular weight is 1110 g/mol. The van der Waals surface area contributed by atoms with Gasteiger partial charge < -0.3 is 27.1 Å². The van der Waals surface area contributed by atoms with Crippen LogP contribution in [0.15, 0.2) is 177 Å². The van der Waals surface area contributed by atoms with Crippen molar-refractivity contribution in [2.75, 3.05) is 13.2 Å². The van der Waals surface area contributed by atoms with Gasteiger partial charge in [-0.05, 0) is 125 Å². The van der Waals surface area contributed by atoms with Crippen molar-refractivity contribution in [1.82, 2.24) is 0 Å². The van der Waals surface area contributed by atoms with E-state index in [1.165, 1.54) is 0 Å². The first-order chi connectivity index (χ1) is 39.2. The van der Waals surface area contributed by atoms with E-state index < -0.39 is 104 Å². The third-order valence-electron chi connectivity index (χ3n) is 15.1. The van der Waals surface area contributed by atoms with Gasteiger partial charge in [0.25, 0.3) is 0 Å². The van der Waals surface area contributed by atoms with Gasteiger partial charge in [0.15, 0.2) is 13.2 Å². The summed E-state index contributed by atoms with van der Waals surface area (Å²) in [5.74, 6) is -0.905. The molecule has 15 rings (SSSR count). The molecule has 14 nitrogen and oxygen atoms in total. The Labute approximate surface area is 447 Å². The maximum atomic E-state index is 13.0. The molecule has 0 aliphatic heterocycles. The van der Waals surface area contributed by atoms with Crippen LogP contribution in [0.5, 0.6) is 11.5 Å². The van der Waals surface area contributed by atoms with Crippen LogP contribution in [0.25, 0.3) is 118 Å². The highest BCUT2D eigenvalue weighted by Crippen LogP contribution is 2.48. The molecule has 402 valence electrons. The van der Waals surface area contributed by atoms with Crippen molar-refractivity contribution >= 4 is 118 Å². The van der Waals surface area contributed by atoms with Gasteiger partial charge in [0.1, 0.15) is 11.5 Å². The molecule has 0 bridgehead atoms. The highest BCUT2D eigenvalue weighted by molar-refractivity contribution is 6.41. The van der Waals surface area contributed by atoms with Gasteiger partial charge in [-0.3, -0.25) is 0 Å². The minimum atomic E-state index is -4.75. The van der Waals surface area contributed by atoms with Crippen LogP contribution in [0.1, 0.15) is 22.3 Å². The third-order valence-corrected chi connectivity index (χ3v) is 15.1. The highest BCUT2D eigenvalue weighted by Gasteiger charge is 2.33. The van der Waals surface area contributed by atoms with E-state index in [0.717, 1.165) is 78.8 Å². The lowest BCUT2D eigenvalue weighted by Gasteiger charge is -2.20. The average Bonchev–Trinajstić information content (AvgIpc) is 3.36. The van der Waals surface area contributed by atoms with Gasteiger partial charge >= 0.3 is 57.4 Å².